The molecule has 0 fully saturated rings. The van der Waals surface area contributed by atoms with Crippen LogP contribution < -0.4 is 16.4 Å². The Morgan fingerprint density at radius 1 is 1.13 bits per heavy atom. The zero-order chi connectivity index (χ0) is 21.3. The molecule has 4 rings (SSSR count). The molecule has 1 atom stereocenters. The monoisotopic (exact) mass is 404 g/mol. The SMILES string of the molecule is CC(C)C(N)C(=O)Nc1cccc2c1c1c(n2C(=O)Cc2ccccc2)CNCC1. The van der Waals surface area contributed by atoms with Gasteiger partial charge in [0.25, 0.3) is 0 Å². The van der Waals surface area contributed by atoms with Crippen molar-refractivity contribution in [2.45, 2.75) is 39.3 Å². The summed E-state index contributed by atoms with van der Waals surface area (Å²) in [5.41, 5.74) is 10.7. The van der Waals surface area contributed by atoms with Crippen molar-refractivity contribution in [2.75, 3.05) is 11.9 Å². The van der Waals surface area contributed by atoms with Gasteiger partial charge < -0.3 is 16.4 Å². The first-order valence-corrected chi connectivity index (χ1v) is 10.5. The minimum absolute atomic E-state index is 0.0264. The average Bonchev–Trinajstić information content (AvgIpc) is 3.09. The van der Waals surface area contributed by atoms with Crippen LogP contribution in [0.1, 0.15) is 35.5 Å². The zero-order valence-electron chi connectivity index (χ0n) is 17.4. The summed E-state index contributed by atoms with van der Waals surface area (Å²) in [6, 6.07) is 14.9. The van der Waals surface area contributed by atoms with Crippen molar-refractivity contribution in [3.8, 4) is 0 Å². The van der Waals surface area contributed by atoms with E-state index in [1.54, 1.807) is 0 Å². The normalized spacial score (nSPS) is 14.5. The maximum atomic E-state index is 13.3. The number of hydrogen-bond donors (Lipinski definition) is 3. The van der Waals surface area contributed by atoms with E-state index < -0.39 is 6.04 Å². The first-order chi connectivity index (χ1) is 14.5. The number of hydrogen-bond acceptors (Lipinski definition) is 4. The number of benzene rings is 2. The number of fused-ring (bicyclic) bond motifs is 3. The largest absolute Gasteiger partial charge is 0.324 e. The van der Waals surface area contributed by atoms with Crippen molar-refractivity contribution in [3.05, 3.63) is 65.4 Å². The quantitative estimate of drug-likeness (QED) is 0.610. The fourth-order valence-corrected chi connectivity index (χ4v) is 4.10. The second-order valence-corrected chi connectivity index (χ2v) is 8.20. The third-order valence-electron chi connectivity index (χ3n) is 5.77. The van der Waals surface area contributed by atoms with Crippen LogP contribution in [-0.2, 0) is 24.2 Å². The lowest BCUT2D eigenvalue weighted by atomic mass is 10.0. The molecule has 0 aliphatic carbocycles. The lowest BCUT2D eigenvalue weighted by Crippen LogP contribution is -2.39. The molecule has 1 unspecified atom stereocenters. The number of rotatable bonds is 5. The highest BCUT2D eigenvalue weighted by atomic mass is 16.2. The third kappa shape index (κ3) is 3.76. The Morgan fingerprint density at radius 3 is 2.63 bits per heavy atom. The predicted molar refractivity (Wildman–Crippen MR) is 120 cm³/mol. The number of aromatic nitrogens is 1. The Kier molecular flexibility index (Phi) is 5.70. The van der Waals surface area contributed by atoms with E-state index in [4.69, 9.17) is 5.73 Å². The summed E-state index contributed by atoms with van der Waals surface area (Å²) in [5, 5.41) is 7.33. The minimum atomic E-state index is -0.584. The van der Waals surface area contributed by atoms with Gasteiger partial charge in [-0.05, 0) is 42.1 Å². The van der Waals surface area contributed by atoms with Crippen LogP contribution in [0.4, 0.5) is 5.69 Å². The van der Waals surface area contributed by atoms with E-state index in [9.17, 15) is 9.59 Å². The summed E-state index contributed by atoms with van der Waals surface area (Å²) in [4.78, 5) is 25.9. The molecule has 4 N–H and O–H groups in total. The summed E-state index contributed by atoms with van der Waals surface area (Å²) >= 11 is 0. The molecule has 0 spiro atoms. The summed E-state index contributed by atoms with van der Waals surface area (Å²) in [6.07, 6.45) is 1.13. The van der Waals surface area contributed by atoms with E-state index in [2.05, 4.69) is 10.6 Å². The van der Waals surface area contributed by atoms with E-state index >= 15 is 0 Å². The number of nitrogens with zero attached hydrogens (tertiary/aromatic N) is 1. The molecular weight excluding hydrogens is 376 g/mol. The van der Waals surface area contributed by atoms with Crippen LogP contribution in [0.5, 0.6) is 0 Å². The van der Waals surface area contributed by atoms with Gasteiger partial charge >= 0.3 is 0 Å². The molecule has 0 bridgehead atoms. The van der Waals surface area contributed by atoms with Gasteiger partial charge in [0, 0.05) is 17.6 Å². The van der Waals surface area contributed by atoms with Crippen molar-refractivity contribution in [1.82, 2.24) is 9.88 Å². The molecule has 1 aliphatic heterocycles. The first-order valence-electron chi connectivity index (χ1n) is 10.5. The zero-order valence-corrected chi connectivity index (χ0v) is 17.4. The molecule has 0 saturated heterocycles. The van der Waals surface area contributed by atoms with Crippen LogP contribution in [-0.4, -0.2) is 29.0 Å². The Hall–Kier alpha value is -2.96. The summed E-state index contributed by atoms with van der Waals surface area (Å²) in [6.45, 7) is 5.32. The second kappa shape index (κ2) is 8.42. The molecule has 1 aromatic heterocycles. The molecule has 6 nitrogen and oxygen atoms in total. The van der Waals surface area contributed by atoms with Gasteiger partial charge in [0.05, 0.1) is 23.7 Å². The Morgan fingerprint density at radius 2 is 1.90 bits per heavy atom. The van der Waals surface area contributed by atoms with Gasteiger partial charge in [0.15, 0.2) is 0 Å². The lowest BCUT2D eigenvalue weighted by molar-refractivity contribution is -0.118. The minimum Gasteiger partial charge on any atom is -0.324 e. The molecule has 3 aromatic rings. The van der Waals surface area contributed by atoms with E-state index in [0.29, 0.717) is 13.0 Å². The lowest BCUT2D eigenvalue weighted by Gasteiger charge is -2.17. The third-order valence-corrected chi connectivity index (χ3v) is 5.77. The standard InChI is InChI=1S/C24H28N4O2/c1-15(2)23(25)24(30)27-18-9-6-10-19-22(18)17-11-12-26-14-20(17)28(19)21(29)13-16-7-4-3-5-8-16/h3-10,15,23,26H,11-14,25H2,1-2H3,(H,27,30). The molecule has 0 saturated carbocycles. The number of nitrogens with two attached hydrogens (primary N) is 1. The van der Waals surface area contributed by atoms with E-state index in [1.165, 1.54) is 0 Å². The van der Waals surface area contributed by atoms with Gasteiger partial charge in [-0.3, -0.25) is 14.2 Å². The van der Waals surface area contributed by atoms with Crippen molar-refractivity contribution >= 4 is 28.4 Å². The molecule has 1 amide bonds. The average molecular weight is 405 g/mol. The first kappa shape index (κ1) is 20.3. The number of nitrogens with one attached hydrogen (secondary N) is 2. The highest BCUT2D eigenvalue weighted by Gasteiger charge is 2.26. The van der Waals surface area contributed by atoms with E-state index in [0.717, 1.165) is 46.4 Å². The molecule has 30 heavy (non-hydrogen) atoms. The van der Waals surface area contributed by atoms with Crippen LogP contribution in [0, 0.1) is 5.92 Å². The molecule has 0 radical (unpaired) electrons. The van der Waals surface area contributed by atoms with Crippen molar-refractivity contribution in [3.63, 3.8) is 0 Å². The van der Waals surface area contributed by atoms with Gasteiger partial charge in [-0.25, -0.2) is 0 Å². The predicted octanol–water partition coefficient (Wildman–Crippen LogP) is 3.09. The maximum Gasteiger partial charge on any atom is 0.241 e. The van der Waals surface area contributed by atoms with Crippen LogP contribution in [0.3, 0.4) is 0 Å². The van der Waals surface area contributed by atoms with Crippen LogP contribution in [0.2, 0.25) is 0 Å². The van der Waals surface area contributed by atoms with Crippen LogP contribution in [0.25, 0.3) is 10.9 Å². The van der Waals surface area contributed by atoms with Crippen molar-refractivity contribution in [1.29, 1.82) is 0 Å². The fraction of sp³-hybridized carbons (Fsp3) is 0.333. The van der Waals surface area contributed by atoms with Gasteiger partial charge in [-0.15, -0.1) is 0 Å². The Labute approximate surface area is 176 Å². The number of amides is 1. The maximum absolute atomic E-state index is 13.3. The Bertz CT molecular complexity index is 1090. The van der Waals surface area contributed by atoms with Gasteiger partial charge in [0.1, 0.15) is 0 Å². The van der Waals surface area contributed by atoms with Gasteiger partial charge in [0.2, 0.25) is 11.8 Å². The number of carbonyl (C=O) groups is 2. The molecule has 1 aliphatic rings. The highest BCUT2D eigenvalue weighted by molar-refractivity contribution is 6.08. The second-order valence-electron chi connectivity index (χ2n) is 8.20. The molecular formula is C24H28N4O2. The van der Waals surface area contributed by atoms with Crippen LogP contribution in [0.15, 0.2) is 48.5 Å². The topological polar surface area (TPSA) is 89.2 Å². The highest BCUT2D eigenvalue weighted by Crippen LogP contribution is 2.34. The summed E-state index contributed by atoms with van der Waals surface area (Å²) < 4.78 is 1.82. The number of carbonyl (C=O) groups excluding carboxylic acids is 2. The van der Waals surface area contributed by atoms with E-state index in [-0.39, 0.29) is 17.7 Å². The Balaban J connectivity index is 1.78. The molecule has 156 valence electrons. The summed E-state index contributed by atoms with van der Waals surface area (Å²) in [5.74, 6) is -0.138. The fourth-order valence-electron chi connectivity index (χ4n) is 4.10. The van der Waals surface area contributed by atoms with Gasteiger partial charge in [-0.1, -0.05) is 50.2 Å². The molecule has 2 heterocycles. The molecule has 6 heteroatoms. The smallest absolute Gasteiger partial charge is 0.241 e. The number of anilines is 1. The van der Waals surface area contributed by atoms with Crippen molar-refractivity contribution in [2.24, 2.45) is 11.7 Å². The molecule has 2 aromatic carbocycles. The van der Waals surface area contributed by atoms with E-state index in [1.807, 2.05) is 66.9 Å². The van der Waals surface area contributed by atoms with Crippen LogP contribution >= 0.6 is 0 Å². The van der Waals surface area contributed by atoms with Crippen molar-refractivity contribution < 1.29 is 9.59 Å². The summed E-state index contributed by atoms with van der Waals surface area (Å²) in [7, 11) is 0. The van der Waals surface area contributed by atoms with Gasteiger partial charge in [-0.2, -0.15) is 0 Å².